The average Bonchev–Trinajstić information content (AvgIpc) is 3.43. The minimum absolute atomic E-state index is 0.350. The van der Waals surface area contributed by atoms with Gasteiger partial charge in [0.1, 0.15) is 5.82 Å². The summed E-state index contributed by atoms with van der Waals surface area (Å²) in [6.45, 7) is 0.609. The van der Waals surface area contributed by atoms with E-state index in [-0.39, 0.29) is 0 Å². The first-order chi connectivity index (χ1) is 14.3. The molecule has 2 aromatic carbocycles. The Morgan fingerprint density at radius 2 is 1.90 bits per heavy atom. The lowest BCUT2D eigenvalue weighted by Gasteiger charge is -2.08. The van der Waals surface area contributed by atoms with Crippen molar-refractivity contribution in [2.75, 3.05) is 7.11 Å². The molecule has 0 saturated heterocycles. The maximum Gasteiger partial charge on any atom is 0.335 e. The molecule has 29 heavy (non-hydrogen) atoms. The predicted octanol–water partition coefficient (Wildman–Crippen LogP) is 2.75. The van der Waals surface area contributed by atoms with Crippen LogP contribution >= 0.6 is 0 Å². The zero-order chi connectivity index (χ0) is 20.1. The Morgan fingerprint density at radius 3 is 2.59 bits per heavy atom. The van der Waals surface area contributed by atoms with E-state index in [0.717, 1.165) is 28.1 Å². The molecule has 4 rings (SSSR count). The van der Waals surface area contributed by atoms with Crippen molar-refractivity contribution in [3.8, 4) is 40.9 Å². The summed E-state index contributed by atoms with van der Waals surface area (Å²) in [6.07, 6.45) is 6.60. The van der Waals surface area contributed by atoms with E-state index in [1.54, 1.807) is 11.8 Å². The Labute approximate surface area is 168 Å². The van der Waals surface area contributed by atoms with Gasteiger partial charge in [-0.1, -0.05) is 48.5 Å². The SMILES string of the molecule is C#CCCn1nc(OC)nc1Cc1ccc(-c2ccccc2-c2nn[nH]n2)cc1. The summed E-state index contributed by atoms with van der Waals surface area (Å²) in [5, 5.41) is 18.7. The molecule has 2 heterocycles. The predicted molar refractivity (Wildman–Crippen MR) is 108 cm³/mol. The molecule has 0 radical (unpaired) electrons. The number of tetrazole rings is 1. The van der Waals surface area contributed by atoms with E-state index in [1.807, 2.05) is 24.3 Å². The Kier molecular flexibility index (Phi) is 5.29. The Hall–Kier alpha value is -3.99. The molecule has 8 heteroatoms. The van der Waals surface area contributed by atoms with Gasteiger partial charge >= 0.3 is 6.01 Å². The molecule has 0 atom stereocenters. The second-order valence-corrected chi connectivity index (χ2v) is 6.35. The first-order valence-electron chi connectivity index (χ1n) is 9.12. The van der Waals surface area contributed by atoms with Gasteiger partial charge in [-0.3, -0.25) is 0 Å². The number of terminal acetylenes is 1. The van der Waals surface area contributed by atoms with Gasteiger partial charge in [-0.15, -0.1) is 27.6 Å². The van der Waals surface area contributed by atoms with Crippen LogP contribution in [0.1, 0.15) is 17.8 Å². The number of hydrogen-bond acceptors (Lipinski definition) is 6. The Morgan fingerprint density at radius 1 is 1.10 bits per heavy atom. The van der Waals surface area contributed by atoms with E-state index in [2.05, 4.69) is 60.9 Å². The molecule has 144 valence electrons. The largest absolute Gasteiger partial charge is 0.466 e. The van der Waals surface area contributed by atoms with Gasteiger partial charge in [-0.25, -0.2) is 4.68 Å². The quantitative estimate of drug-likeness (QED) is 0.492. The third-order valence-corrected chi connectivity index (χ3v) is 4.52. The van der Waals surface area contributed by atoms with Gasteiger partial charge in [-0.05, 0) is 21.9 Å². The minimum Gasteiger partial charge on any atom is -0.466 e. The summed E-state index contributed by atoms with van der Waals surface area (Å²) in [5.74, 6) is 4.02. The minimum atomic E-state index is 0.350. The van der Waals surface area contributed by atoms with Crippen molar-refractivity contribution in [2.24, 2.45) is 0 Å². The molecule has 0 saturated carbocycles. The smallest absolute Gasteiger partial charge is 0.335 e. The summed E-state index contributed by atoms with van der Waals surface area (Å²) in [6, 6.07) is 16.6. The molecule has 2 aromatic heterocycles. The van der Waals surface area contributed by atoms with Crippen LogP contribution in [-0.2, 0) is 13.0 Å². The lowest BCUT2D eigenvalue weighted by molar-refractivity contribution is 0.376. The number of hydrogen-bond donors (Lipinski definition) is 1. The van der Waals surface area contributed by atoms with Gasteiger partial charge in [0.15, 0.2) is 0 Å². The number of H-pyrrole nitrogens is 1. The molecule has 8 nitrogen and oxygen atoms in total. The molecule has 0 bridgehead atoms. The van der Waals surface area contributed by atoms with Crippen LogP contribution in [0.2, 0.25) is 0 Å². The number of ether oxygens (including phenoxy) is 1. The number of rotatable bonds is 7. The molecule has 0 amide bonds. The molecule has 0 spiro atoms. The molecule has 0 unspecified atom stereocenters. The standard InChI is InChI=1S/C21H19N7O/c1-3-4-13-28-19(22-21(25-28)29-2)14-15-9-11-16(12-10-15)17-7-5-6-8-18(17)20-23-26-27-24-20/h1,5-12H,4,13-14H2,2H3,(H,23,24,26,27). The van der Waals surface area contributed by atoms with Crippen molar-refractivity contribution in [3.05, 3.63) is 59.9 Å². The van der Waals surface area contributed by atoms with Crippen LogP contribution in [0.4, 0.5) is 0 Å². The van der Waals surface area contributed by atoms with Gasteiger partial charge in [0.2, 0.25) is 5.82 Å². The number of aromatic nitrogens is 7. The summed E-state index contributed by atoms with van der Waals surface area (Å²) in [4.78, 5) is 4.44. The molecule has 4 aromatic rings. The third-order valence-electron chi connectivity index (χ3n) is 4.52. The summed E-state index contributed by atoms with van der Waals surface area (Å²) in [7, 11) is 1.56. The third kappa shape index (κ3) is 3.99. The highest BCUT2D eigenvalue weighted by atomic mass is 16.5. The van der Waals surface area contributed by atoms with Crippen LogP contribution in [-0.4, -0.2) is 42.5 Å². The normalized spacial score (nSPS) is 10.6. The molecule has 1 N–H and O–H groups in total. The summed E-state index contributed by atoms with van der Waals surface area (Å²) in [5.41, 5.74) is 4.15. The van der Waals surface area contributed by atoms with E-state index in [4.69, 9.17) is 11.2 Å². The number of nitrogens with zero attached hydrogens (tertiary/aromatic N) is 6. The monoisotopic (exact) mass is 385 g/mol. The Bertz CT molecular complexity index is 1120. The van der Waals surface area contributed by atoms with E-state index >= 15 is 0 Å². The number of aryl methyl sites for hydroxylation is 1. The van der Waals surface area contributed by atoms with Gasteiger partial charge in [0, 0.05) is 18.4 Å². The number of nitrogens with one attached hydrogen (secondary N) is 1. The lowest BCUT2D eigenvalue weighted by Crippen LogP contribution is -2.06. The van der Waals surface area contributed by atoms with E-state index in [0.29, 0.717) is 31.2 Å². The van der Waals surface area contributed by atoms with Crippen LogP contribution < -0.4 is 4.74 Å². The zero-order valence-electron chi connectivity index (χ0n) is 15.9. The van der Waals surface area contributed by atoms with Crippen LogP contribution in [0, 0.1) is 12.3 Å². The summed E-state index contributed by atoms with van der Waals surface area (Å²) < 4.78 is 6.97. The first kappa shape index (κ1) is 18.4. The van der Waals surface area contributed by atoms with Crippen LogP contribution in [0.3, 0.4) is 0 Å². The highest BCUT2D eigenvalue weighted by Crippen LogP contribution is 2.30. The highest BCUT2D eigenvalue weighted by Gasteiger charge is 2.13. The van der Waals surface area contributed by atoms with Crippen LogP contribution in [0.5, 0.6) is 6.01 Å². The van der Waals surface area contributed by atoms with Crippen molar-refractivity contribution < 1.29 is 4.74 Å². The van der Waals surface area contributed by atoms with E-state index in [9.17, 15) is 0 Å². The van der Waals surface area contributed by atoms with Gasteiger partial charge in [0.05, 0.1) is 13.7 Å². The molecule has 0 fully saturated rings. The topological polar surface area (TPSA) is 94.4 Å². The second kappa shape index (κ2) is 8.35. The average molecular weight is 385 g/mol. The van der Waals surface area contributed by atoms with Gasteiger partial charge in [0.25, 0.3) is 0 Å². The zero-order valence-corrected chi connectivity index (χ0v) is 15.9. The van der Waals surface area contributed by atoms with Crippen molar-refractivity contribution in [1.82, 2.24) is 35.4 Å². The molecular formula is C21H19N7O. The first-order valence-corrected chi connectivity index (χ1v) is 9.12. The Balaban J connectivity index is 1.59. The molecule has 0 aliphatic heterocycles. The number of methoxy groups -OCH3 is 1. The van der Waals surface area contributed by atoms with Gasteiger partial charge in [-0.2, -0.15) is 10.2 Å². The number of aromatic amines is 1. The van der Waals surface area contributed by atoms with Crippen molar-refractivity contribution >= 4 is 0 Å². The van der Waals surface area contributed by atoms with Crippen molar-refractivity contribution in [2.45, 2.75) is 19.4 Å². The second-order valence-electron chi connectivity index (χ2n) is 6.35. The van der Waals surface area contributed by atoms with Crippen LogP contribution in [0.15, 0.2) is 48.5 Å². The highest BCUT2D eigenvalue weighted by molar-refractivity contribution is 5.80. The van der Waals surface area contributed by atoms with Gasteiger partial charge < -0.3 is 4.74 Å². The van der Waals surface area contributed by atoms with E-state index < -0.39 is 0 Å². The maximum atomic E-state index is 5.38. The molecular weight excluding hydrogens is 366 g/mol. The van der Waals surface area contributed by atoms with Crippen molar-refractivity contribution in [3.63, 3.8) is 0 Å². The fraction of sp³-hybridized carbons (Fsp3) is 0.190. The van der Waals surface area contributed by atoms with Crippen LogP contribution in [0.25, 0.3) is 22.5 Å². The fourth-order valence-corrected chi connectivity index (χ4v) is 3.11. The summed E-state index contributed by atoms with van der Waals surface area (Å²) >= 11 is 0. The maximum absolute atomic E-state index is 5.38. The van der Waals surface area contributed by atoms with Crippen molar-refractivity contribution in [1.29, 1.82) is 0 Å². The van der Waals surface area contributed by atoms with E-state index in [1.165, 1.54) is 0 Å². The number of benzene rings is 2. The molecule has 0 aliphatic rings. The molecule has 0 aliphatic carbocycles. The fourth-order valence-electron chi connectivity index (χ4n) is 3.11. The lowest BCUT2D eigenvalue weighted by atomic mass is 9.98.